The number of aliphatic hydroxyl groups is 1. The van der Waals surface area contributed by atoms with Gasteiger partial charge in [0, 0.05) is 12.1 Å². The summed E-state index contributed by atoms with van der Waals surface area (Å²) in [6.07, 6.45) is -0.946. The summed E-state index contributed by atoms with van der Waals surface area (Å²) in [5.41, 5.74) is -1.06. The number of rotatable bonds is 4. The molecule has 0 amide bonds. The van der Waals surface area contributed by atoms with Crippen LogP contribution in [-0.4, -0.2) is 37.1 Å². The molecule has 0 saturated carbocycles. The highest BCUT2D eigenvalue weighted by Crippen LogP contribution is 2.25. The zero-order chi connectivity index (χ0) is 15.0. The van der Waals surface area contributed by atoms with Crippen LogP contribution < -0.4 is 5.32 Å². The Morgan fingerprint density at radius 1 is 1.40 bits per heavy atom. The number of β-amino-alcohol motifs (C(OH)–C–C–N with tert-alkyl or cyclic N) is 1. The monoisotopic (exact) mass is 305 g/mol. The smallest absolute Gasteiger partial charge is 0.152 e. The van der Waals surface area contributed by atoms with Crippen LogP contribution in [0.5, 0.6) is 0 Å². The molecule has 7 heteroatoms. The fraction of sp³-hybridized carbons (Fsp3) is 0.538. The Hall–Kier alpha value is -1.05. The Kier molecular flexibility index (Phi) is 4.13. The van der Waals surface area contributed by atoms with Crippen molar-refractivity contribution < 1.29 is 22.3 Å². The van der Waals surface area contributed by atoms with E-state index >= 15 is 0 Å². The van der Waals surface area contributed by atoms with Crippen molar-refractivity contribution in [3.05, 3.63) is 35.4 Å². The van der Waals surface area contributed by atoms with Gasteiger partial charge in [0.2, 0.25) is 0 Å². The van der Waals surface area contributed by atoms with Crippen LogP contribution in [-0.2, 0) is 9.84 Å². The highest BCUT2D eigenvalue weighted by molar-refractivity contribution is 7.91. The molecule has 0 radical (unpaired) electrons. The highest BCUT2D eigenvalue weighted by Gasteiger charge is 2.38. The minimum atomic E-state index is -3.08. The molecule has 0 aliphatic carbocycles. The van der Waals surface area contributed by atoms with Gasteiger partial charge in [-0.15, -0.1) is 0 Å². The molecule has 1 heterocycles. The van der Waals surface area contributed by atoms with Crippen LogP contribution in [0.2, 0.25) is 0 Å². The second-order valence-electron chi connectivity index (χ2n) is 5.43. The Morgan fingerprint density at radius 3 is 2.50 bits per heavy atom. The molecule has 0 aromatic heterocycles. The topological polar surface area (TPSA) is 66.4 Å². The SMILES string of the molecule is CC1(NCC(O)c2c(F)cccc2F)CCS(=O)(=O)C1. The maximum atomic E-state index is 13.5. The third-order valence-electron chi connectivity index (χ3n) is 3.56. The molecule has 1 saturated heterocycles. The van der Waals surface area contributed by atoms with Gasteiger partial charge in [-0.1, -0.05) is 6.07 Å². The maximum absolute atomic E-state index is 13.5. The lowest BCUT2D eigenvalue weighted by Gasteiger charge is -2.26. The van der Waals surface area contributed by atoms with E-state index in [-0.39, 0.29) is 18.1 Å². The number of benzene rings is 1. The van der Waals surface area contributed by atoms with Gasteiger partial charge in [-0.05, 0) is 25.5 Å². The van der Waals surface area contributed by atoms with Crippen LogP contribution in [0.3, 0.4) is 0 Å². The van der Waals surface area contributed by atoms with Gasteiger partial charge in [-0.3, -0.25) is 0 Å². The van der Waals surface area contributed by atoms with E-state index in [0.717, 1.165) is 12.1 Å². The summed E-state index contributed by atoms with van der Waals surface area (Å²) in [6, 6.07) is 3.37. The Morgan fingerprint density at radius 2 is 2.00 bits per heavy atom. The van der Waals surface area contributed by atoms with E-state index in [0.29, 0.717) is 6.42 Å². The summed E-state index contributed by atoms with van der Waals surface area (Å²) in [5, 5.41) is 12.8. The third kappa shape index (κ3) is 3.34. The van der Waals surface area contributed by atoms with Crippen molar-refractivity contribution in [1.29, 1.82) is 0 Å². The van der Waals surface area contributed by atoms with Crippen LogP contribution in [0.15, 0.2) is 18.2 Å². The van der Waals surface area contributed by atoms with E-state index in [1.54, 1.807) is 6.92 Å². The minimum Gasteiger partial charge on any atom is -0.387 e. The zero-order valence-corrected chi connectivity index (χ0v) is 11.9. The number of halogens is 2. The molecule has 0 bridgehead atoms. The summed E-state index contributed by atoms with van der Waals surface area (Å²) in [5.74, 6) is -1.58. The van der Waals surface area contributed by atoms with E-state index in [4.69, 9.17) is 0 Å². The summed E-state index contributed by atoms with van der Waals surface area (Å²) >= 11 is 0. The number of hydrogen-bond donors (Lipinski definition) is 2. The molecular weight excluding hydrogens is 288 g/mol. The lowest BCUT2D eigenvalue weighted by Crippen LogP contribution is -2.45. The van der Waals surface area contributed by atoms with Gasteiger partial charge in [0.05, 0.1) is 23.2 Å². The van der Waals surface area contributed by atoms with Gasteiger partial charge in [0.1, 0.15) is 11.6 Å². The molecule has 112 valence electrons. The molecule has 2 rings (SSSR count). The van der Waals surface area contributed by atoms with Crippen LogP contribution in [0.1, 0.15) is 25.0 Å². The quantitative estimate of drug-likeness (QED) is 0.876. The fourth-order valence-corrected chi connectivity index (χ4v) is 4.55. The minimum absolute atomic E-state index is 0.0352. The first-order chi connectivity index (χ1) is 9.22. The van der Waals surface area contributed by atoms with Crippen LogP contribution in [0.25, 0.3) is 0 Å². The Bertz CT molecular complexity index is 585. The number of hydrogen-bond acceptors (Lipinski definition) is 4. The standard InChI is InChI=1S/C13H17F2NO3S/c1-13(5-6-20(18,19)8-13)16-7-11(17)12-9(14)3-2-4-10(12)15/h2-4,11,16-17H,5-8H2,1H3. The number of nitrogens with one attached hydrogen (secondary N) is 1. The molecule has 2 atom stereocenters. The Labute approximate surface area is 116 Å². The van der Waals surface area contributed by atoms with E-state index in [9.17, 15) is 22.3 Å². The van der Waals surface area contributed by atoms with Gasteiger partial charge in [-0.2, -0.15) is 0 Å². The van der Waals surface area contributed by atoms with Crippen molar-refractivity contribution in [2.45, 2.75) is 25.0 Å². The van der Waals surface area contributed by atoms with Gasteiger partial charge < -0.3 is 10.4 Å². The molecule has 2 unspecified atom stereocenters. The normalized spacial score (nSPS) is 26.6. The van der Waals surface area contributed by atoms with Crippen molar-refractivity contribution in [1.82, 2.24) is 5.32 Å². The number of sulfone groups is 1. The third-order valence-corrected chi connectivity index (χ3v) is 5.46. The van der Waals surface area contributed by atoms with E-state index < -0.39 is 38.7 Å². The van der Waals surface area contributed by atoms with Crippen molar-refractivity contribution in [2.75, 3.05) is 18.1 Å². The van der Waals surface area contributed by atoms with Gasteiger partial charge in [0.15, 0.2) is 9.84 Å². The first kappa shape index (κ1) is 15.3. The maximum Gasteiger partial charge on any atom is 0.152 e. The second kappa shape index (κ2) is 5.38. The molecule has 1 aromatic carbocycles. The van der Waals surface area contributed by atoms with Crippen LogP contribution >= 0.6 is 0 Å². The second-order valence-corrected chi connectivity index (χ2v) is 7.62. The van der Waals surface area contributed by atoms with Crippen molar-refractivity contribution in [2.24, 2.45) is 0 Å². The molecule has 2 N–H and O–H groups in total. The molecule has 4 nitrogen and oxygen atoms in total. The average Bonchev–Trinajstić information content (AvgIpc) is 2.62. The van der Waals surface area contributed by atoms with Gasteiger partial charge in [-0.25, -0.2) is 17.2 Å². The lowest BCUT2D eigenvalue weighted by atomic mass is 10.0. The van der Waals surface area contributed by atoms with Crippen molar-refractivity contribution >= 4 is 9.84 Å². The summed E-state index contributed by atoms with van der Waals surface area (Å²) in [7, 11) is -3.08. The first-order valence-corrected chi connectivity index (χ1v) is 8.12. The van der Waals surface area contributed by atoms with Gasteiger partial charge in [0.25, 0.3) is 0 Å². The Balaban J connectivity index is 2.05. The molecular formula is C13H17F2NO3S. The molecule has 1 aromatic rings. The molecule has 0 spiro atoms. The van der Waals surface area contributed by atoms with Gasteiger partial charge >= 0.3 is 0 Å². The molecule has 1 aliphatic rings. The zero-order valence-electron chi connectivity index (χ0n) is 11.1. The average molecular weight is 305 g/mol. The first-order valence-electron chi connectivity index (χ1n) is 6.30. The lowest BCUT2D eigenvalue weighted by molar-refractivity contribution is 0.153. The fourth-order valence-electron chi connectivity index (χ4n) is 2.42. The largest absolute Gasteiger partial charge is 0.387 e. The van der Waals surface area contributed by atoms with E-state index in [2.05, 4.69) is 5.32 Å². The van der Waals surface area contributed by atoms with Crippen molar-refractivity contribution in [3.8, 4) is 0 Å². The van der Waals surface area contributed by atoms with Crippen LogP contribution in [0, 0.1) is 11.6 Å². The van der Waals surface area contributed by atoms with E-state index in [1.807, 2.05) is 0 Å². The molecule has 1 fully saturated rings. The number of aliphatic hydroxyl groups excluding tert-OH is 1. The molecule has 1 aliphatic heterocycles. The summed E-state index contributed by atoms with van der Waals surface area (Å²) < 4.78 is 49.9. The van der Waals surface area contributed by atoms with Crippen molar-refractivity contribution in [3.63, 3.8) is 0 Å². The highest BCUT2D eigenvalue weighted by atomic mass is 32.2. The predicted molar refractivity (Wildman–Crippen MR) is 71.0 cm³/mol. The van der Waals surface area contributed by atoms with Crippen LogP contribution in [0.4, 0.5) is 8.78 Å². The summed E-state index contributed by atoms with van der Waals surface area (Å²) in [6.45, 7) is 1.62. The molecule has 20 heavy (non-hydrogen) atoms. The van der Waals surface area contributed by atoms with E-state index in [1.165, 1.54) is 6.07 Å². The summed E-state index contributed by atoms with van der Waals surface area (Å²) in [4.78, 5) is 0. The predicted octanol–water partition coefficient (Wildman–Crippen LogP) is 1.17.